The summed E-state index contributed by atoms with van der Waals surface area (Å²) < 4.78 is 31.2. The molecule has 0 radical (unpaired) electrons. The van der Waals surface area contributed by atoms with Gasteiger partial charge in [-0.15, -0.1) is 0 Å². The zero-order valence-electron chi connectivity index (χ0n) is 9.34. The summed E-state index contributed by atoms with van der Waals surface area (Å²) in [5.74, 6) is 0. The van der Waals surface area contributed by atoms with Crippen LogP contribution in [-0.4, -0.2) is 13.4 Å². The number of nitrogens with two attached hydrogens (primary N) is 1. The Labute approximate surface area is 109 Å². The molecule has 0 atom stereocenters. The van der Waals surface area contributed by atoms with E-state index < -0.39 is 10.0 Å². The second-order valence-corrected chi connectivity index (χ2v) is 5.67. The van der Waals surface area contributed by atoms with Crippen molar-refractivity contribution in [2.24, 2.45) is 0 Å². The average Bonchev–Trinajstić information content (AvgIpc) is 2.66. The predicted molar refractivity (Wildman–Crippen MR) is 67.9 cm³/mol. The highest BCUT2D eigenvalue weighted by molar-refractivity contribution is 7.92. The molecule has 0 aliphatic carbocycles. The Morgan fingerprint density at radius 2 is 2.17 bits per heavy atom. The summed E-state index contributed by atoms with van der Waals surface area (Å²) >= 11 is 5.74. The Bertz CT molecular complexity index is 681. The van der Waals surface area contributed by atoms with Crippen LogP contribution in [0.2, 0.25) is 5.02 Å². The molecule has 96 valence electrons. The molecule has 0 saturated carbocycles. The van der Waals surface area contributed by atoms with Gasteiger partial charge in [0.2, 0.25) is 0 Å². The SMILES string of the molecule is Cc1coc(NS(=O)(=O)c2cc(Cl)ccc2N)n1. The zero-order chi connectivity index (χ0) is 13.3. The van der Waals surface area contributed by atoms with E-state index in [1.807, 2.05) is 0 Å². The second kappa shape index (κ2) is 4.51. The number of oxazole rings is 1. The Morgan fingerprint density at radius 1 is 1.44 bits per heavy atom. The van der Waals surface area contributed by atoms with Crippen molar-refractivity contribution < 1.29 is 12.8 Å². The third-order valence-electron chi connectivity index (χ3n) is 2.11. The number of sulfonamides is 1. The van der Waals surface area contributed by atoms with Crippen LogP contribution in [0.15, 0.2) is 33.8 Å². The minimum atomic E-state index is -3.87. The van der Waals surface area contributed by atoms with Crippen LogP contribution in [0.3, 0.4) is 0 Å². The fourth-order valence-corrected chi connectivity index (χ4v) is 2.64. The van der Waals surface area contributed by atoms with E-state index in [4.69, 9.17) is 21.8 Å². The first kappa shape index (κ1) is 12.7. The Morgan fingerprint density at radius 3 is 2.78 bits per heavy atom. The van der Waals surface area contributed by atoms with Gasteiger partial charge in [-0.05, 0) is 25.1 Å². The van der Waals surface area contributed by atoms with E-state index in [-0.39, 0.29) is 21.6 Å². The van der Waals surface area contributed by atoms with Crippen LogP contribution in [0, 0.1) is 6.92 Å². The number of hydrogen-bond donors (Lipinski definition) is 2. The first-order valence-electron chi connectivity index (χ1n) is 4.88. The third kappa shape index (κ3) is 2.57. The van der Waals surface area contributed by atoms with Gasteiger partial charge in [-0.3, -0.25) is 0 Å². The number of halogens is 1. The van der Waals surface area contributed by atoms with E-state index in [1.165, 1.54) is 24.5 Å². The van der Waals surface area contributed by atoms with Crippen LogP contribution >= 0.6 is 11.6 Å². The van der Waals surface area contributed by atoms with Gasteiger partial charge < -0.3 is 10.2 Å². The van der Waals surface area contributed by atoms with E-state index in [0.29, 0.717) is 5.69 Å². The fraction of sp³-hybridized carbons (Fsp3) is 0.100. The molecule has 1 aromatic heterocycles. The largest absolute Gasteiger partial charge is 0.431 e. The first-order valence-corrected chi connectivity index (χ1v) is 6.74. The molecule has 0 fully saturated rings. The van der Waals surface area contributed by atoms with Crippen molar-refractivity contribution in [2.75, 3.05) is 10.5 Å². The van der Waals surface area contributed by atoms with Crippen LogP contribution < -0.4 is 10.5 Å². The minimum Gasteiger partial charge on any atom is -0.431 e. The number of aromatic nitrogens is 1. The molecule has 0 aliphatic rings. The van der Waals surface area contributed by atoms with E-state index in [2.05, 4.69) is 9.71 Å². The van der Waals surface area contributed by atoms with Gasteiger partial charge >= 0.3 is 6.01 Å². The number of nitrogen functional groups attached to an aromatic ring is 1. The van der Waals surface area contributed by atoms with Crippen molar-refractivity contribution in [3.05, 3.63) is 35.2 Å². The third-order valence-corrected chi connectivity index (χ3v) is 3.72. The maximum atomic E-state index is 12.0. The van der Waals surface area contributed by atoms with Crippen molar-refractivity contribution in [1.29, 1.82) is 0 Å². The maximum absolute atomic E-state index is 12.0. The van der Waals surface area contributed by atoms with Crippen LogP contribution in [0.25, 0.3) is 0 Å². The summed E-state index contributed by atoms with van der Waals surface area (Å²) in [6.45, 7) is 1.68. The lowest BCUT2D eigenvalue weighted by atomic mass is 10.3. The van der Waals surface area contributed by atoms with E-state index in [0.717, 1.165) is 0 Å². The number of benzene rings is 1. The van der Waals surface area contributed by atoms with E-state index >= 15 is 0 Å². The number of hydrogen-bond acceptors (Lipinski definition) is 5. The first-order chi connectivity index (χ1) is 8.38. The van der Waals surface area contributed by atoms with Crippen molar-refractivity contribution in [3.63, 3.8) is 0 Å². The van der Waals surface area contributed by atoms with Gasteiger partial charge in [-0.1, -0.05) is 11.6 Å². The topological polar surface area (TPSA) is 98.2 Å². The number of nitrogens with zero attached hydrogens (tertiary/aromatic N) is 1. The summed E-state index contributed by atoms with van der Waals surface area (Å²) in [6.07, 6.45) is 1.33. The lowest BCUT2D eigenvalue weighted by Crippen LogP contribution is -2.15. The molecule has 2 rings (SSSR count). The molecule has 6 nitrogen and oxygen atoms in total. The molecule has 8 heteroatoms. The van der Waals surface area contributed by atoms with Crippen LogP contribution in [0.4, 0.5) is 11.7 Å². The van der Waals surface area contributed by atoms with Gasteiger partial charge in [0.25, 0.3) is 10.0 Å². The second-order valence-electron chi connectivity index (χ2n) is 3.58. The molecule has 0 bridgehead atoms. The van der Waals surface area contributed by atoms with E-state index in [1.54, 1.807) is 6.92 Å². The molecular weight excluding hydrogens is 278 g/mol. The summed E-state index contributed by atoms with van der Waals surface area (Å²) in [7, 11) is -3.87. The molecule has 1 heterocycles. The van der Waals surface area contributed by atoms with Crippen molar-refractivity contribution in [2.45, 2.75) is 11.8 Å². The van der Waals surface area contributed by atoms with Gasteiger partial charge in [-0.25, -0.2) is 13.1 Å². The standard InChI is InChI=1S/C10H10ClN3O3S/c1-6-5-17-10(13-6)14-18(15,16)9-4-7(11)2-3-8(9)12/h2-5H,12H2,1H3,(H,13,14). The van der Waals surface area contributed by atoms with Crippen LogP contribution in [-0.2, 0) is 10.0 Å². The number of anilines is 2. The van der Waals surface area contributed by atoms with Gasteiger partial charge in [0, 0.05) is 5.02 Å². The fourth-order valence-electron chi connectivity index (χ4n) is 1.31. The molecule has 0 saturated heterocycles. The van der Waals surface area contributed by atoms with Crippen molar-refractivity contribution >= 4 is 33.3 Å². The number of aryl methyl sites for hydroxylation is 1. The van der Waals surface area contributed by atoms with Crippen LogP contribution in [0.1, 0.15) is 5.69 Å². The summed E-state index contributed by atoms with van der Waals surface area (Å²) in [5.41, 5.74) is 6.26. The Balaban J connectivity index is 2.39. The quantitative estimate of drug-likeness (QED) is 0.842. The van der Waals surface area contributed by atoms with Crippen molar-refractivity contribution in [3.8, 4) is 0 Å². The molecule has 0 spiro atoms. The lowest BCUT2D eigenvalue weighted by molar-refractivity contribution is 0.569. The van der Waals surface area contributed by atoms with Crippen LogP contribution in [0.5, 0.6) is 0 Å². The highest BCUT2D eigenvalue weighted by Crippen LogP contribution is 2.24. The molecule has 1 aromatic carbocycles. The highest BCUT2D eigenvalue weighted by atomic mass is 35.5. The number of rotatable bonds is 3. The average molecular weight is 288 g/mol. The Hall–Kier alpha value is -1.73. The smallest absolute Gasteiger partial charge is 0.309 e. The normalized spacial score (nSPS) is 11.4. The molecule has 0 aliphatic heterocycles. The summed E-state index contributed by atoms with van der Waals surface area (Å²) in [4.78, 5) is 3.72. The van der Waals surface area contributed by atoms with Crippen molar-refractivity contribution in [1.82, 2.24) is 4.98 Å². The molecule has 18 heavy (non-hydrogen) atoms. The number of nitrogens with one attached hydrogen (secondary N) is 1. The monoisotopic (exact) mass is 287 g/mol. The lowest BCUT2D eigenvalue weighted by Gasteiger charge is -2.07. The zero-order valence-corrected chi connectivity index (χ0v) is 10.9. The predicted octanol–water partition coefficient (Wildman–Crippen LogP) is 2.02. The summed E-state index contributed by atoms with van der Waals surface area (Å²) in [6, 6.07) is 4.06. The van der Waals surface area contributed by atoms with Gasteiger partial charge in [0.1, 0.15) is 11.2 Å². The molecule has 3 N–H and O–H groups in total. The molecular formula is C10H10ClN3O3S. The van der Waals surface area contributed by atoms with Gasteiger partial charge in [0.05, 0.1) is 11.4 Å². The molecule has 0 unspecified atom stereocenters. The highest BCUT2D eigenvalue weighted by Gasteiger charge is 2.20. The molecule has 0 amide bonds. The van der Waals surface area contributed by atoms with E-state index in [9.17, 15) is 8.42 Å². The maximum Gasteiger partial charge on any atom is 0.309 e. The van der Waals surface area contributed by atoms with Gasteiger partial charge in [0.15, 0.2) is 0 Å². The van der Waals surface area contributed by atoms with Gasteiger partial charge in [-0.2, -0.15) is 4.98 Å². The Kier molecular flexibility index (Phi) is 3.18. The summed E-state index contributed by atoms with van der Waals surface area (Å²) in [5, 5.41) is 0.271. The minimum absolute atomic E-state index is 0.0928. The molecule has 2 aromatic rings.